The van der Waals surface area contributed by atoms with Gasteiger partial charge in [0, 0.05) is 9.50 Å². The zero-order valence-corrected chi connectivity index (χ0v) is 16.7. The first kappa shape index (κ1) is 17.5. The number of hydrogen-bond acceptors (Lipinski definition) is 5. The SMILES string of the molecule is Cc1ccc(N=C2NC(=O)/C(=C/c3cc4c(cc3Br)OCO4)S2)cc1Cl. The molecule has 5 nitrogen and oxygen atoms in total. The Morgan fingerprint density at radius 2 is 2.04 bits per heavy atom. The summed E-state index contributed by atoms with van der Waals surface area (Å²) in [6, 6.07) is 9.19. The van der Waals surface area contributed by atoms with Crippen LogP contribution in [0.2, 0.25) is 5.02 Å². The standard InChI is InChI=1S/C18H12BrClN2O3S/c1-9-2-3-11(6-13(9)20)21-18-22-17(23)16(26-18)5-10-4-14-15(7-12(10)19)25-8-24-14/h2-7H,8H2,1H3,(H,21,22,23)/b16-5-. The normalized spacial score (nSPS) is 18.7. The van der Waals surface area contributed by atoms with Crippen molar-refractivity contribution in [3.63, 3.8) is 0 Å². The van der Waals surface area contributed by atoms with Gasteiger partial charge >= 0.3 is 0 Å². The average molecular weight is 452 g/mol. The number of nitrogens with zero attached hydrogens (tertiary/aromatic N) is 1. The lowest BCUT2D eigenvalue weighted by Crippen LogP contribution is -2.19. The summed E-state index contributed by atoms with van der Waals surface area (Å²) in [6.45, 7) is 2.13. The Kier molecular flexibility index (Phi) is 4.69. The molecule has 2 aromatic carbocycles. The Hall–Kier alpha value is -1.96. The van der Waals surface area contributed by atoms with Crippen molar-refractivity contribution in [2.75, 3.05) is 6.79 Å². The predicted octanol–water partition coefficient (Wildman–Crippen LogP) is 5.03. The number of carbonyl (C=O) groups is 1. The second-order valence-electron chi connectivity index (χ2n) is 5.64. The van der Waals surface area contributed by atoms with Gasteiger partial charge in [0.1, 0.15) is 0 Å². The largest absolute Gasteiger partial charge is 0.454 e. The highest BCUT2D eigenvalue weighted by Crippen LogP contribution is 2.39. The summed E-state index contributed by atoms with van der Waals surface area (Å²) in [6.07, 6.45) is 1.79. The molecule has 0 radical (unpaired) electrons. The summed E-state index contributed by atoms with van der Waals surface area (Å²) in [5.41, 5.74) is 2.49. The summed E-state index contributed by atoms with van der Waals surface area (Å²) < 4.78 is 11.5. The van der Waals surface area contributed by atoms with Gasteiger partial charge in [0.15, 0.2) is 16.7 Å². The van der Waals surface area contributed by atoms with Crippen molar-refractivity contribution in [3.05, 3.63) is 55.9 Å². The van der Waals surface area contributed by atoms with Gasteiger partial charge in [-0.2, -0.15) is 0 Å². The highest BCUT2D eigenvalue weighted by molar-refractivity contribution is 9.10. The minimum atomic E-state index is -0.198. The van der Waals surface area contributed by atoms with Crippen molar-refractivity contribution in [1.29, 1.82) is 0 Å². The number of carbonyl (C=O) groups excluding carboxylic acids is 1. The van der Waals surface area contributed by atoms with E-state index in [-0.39, 0.29) is 12.7 Å². The number of benzene rings is 2. The van der Waals surface area contributed by atoms with Crippen LogP contribution >= 0.6 is 39.3 Å². The summed E-state index contributed by atoms with van der Waals surface area (Å²) in [4.78, 5) is 17.3. The van der Waals surface area contributed by atoms with Crippen LogP contribution in [0.25, 0.3) is 6.08 Å². The number of amidine groups is 1. The van der Waals surface area contributed by atoms with Gasteiger partial charge in [0.25, 0.3) is 5.91 Å². The molecule has 1 saturated heterocycles. The van der Waals surface area contributed by atoms with Crippen LogP contribution in [-0.2, 0) is 4.79 Å². The van der Waals surface area contributed by atoms with Gasteiger partial charge in [-0.15, -0.1) is 0 Å². The number of aliphatic imine (C=N–C) groups is 1. The molecular weight excluding hydrogens is 440 g/mol. The molecule has 0 spiro atoms. The van der Waals surface area contributed by atoms with Crippen molar-refractivity contribution in [1.82, 2.24) is 5.32 Å². The van der Waals surface area contributed by atoms with Crippen LogP contribution in [0.15, 0.2) is 44.7 Å². The van der Waals surface area contributed by atoms with Crippen LogP contribution in [0.3, 0.4) is 0 Å². The topological polar surface area (TPSA) is 59.9 Å². The van der Waals surface area contributed by atoms with Gasteiger partial charge in [-0.25, -0.2) is 4.99 Å². The van der Waals surface area contributed by atoms with E-state index < -0.39 is 0 Å². The number of fused-ring (bicyclic) bond motifs is 1. The smallest absolute Gasteiger partial charge is 0.264 e. The Morgan fingerprint density at radius 1 is 1.27 bits per heavy atom. The molecule has 1 N–H and O–H groups in total. The predicted molar refractivity (Wildman–Crippen MR) is 107 cm³/mol. The lowest BCUT2D eigenvalue weighted by atomic mass is 10.2. The third kappa shape index (κ3) is 3.47. The molecule has 0 bridgehead atoms. The molecule has 8 heteroatoms. The first-order valence-corrected chi connectivity index (χ1v) is 9.63. The fourth-order valence-electron chi connectivity index (χ4n) is 2.43. The third-order valence-electron chi connectivity index (χ3n) is 3.82. The van der Waals surface area contributed by atoms with Gasteiger partial charge in [-0.1, -0.05) is 33.6 Å². The molecule has 0 aliphatic carbocycles. The van der Waals surface area contributed by atoms with E-state index in [4.69, 9.17) is 21.1 Å². The molecule has 4 rings (SSSR count). The van der Waals surface area contributed by atoms with Crippen molar-refractivity contribution in [3.8, 4) is 11.5 Å². The van der Waals surface area contributed by atoms with Gasteiger partial charge < -0.3 is 14.8 Å². The van der Waals surface area contributed by atoms with Crippen molar-refractivity contribution in [2.45, 2.75) is 6.92 Å². The van der Waals surface area contributed by atoms with Crippen LogP contribution in [-0.4, -0.2) is 17.9 Å². The Morgan fingerprint density at radius 3 is 2.81 bits per heavy atom. The zero-order chi connectivity index (χ0) is 18.3. The number of aryl methyl sites for hydroxylation is 1. The molecular formula is C18H12BrClN2O3S. The van der Waals surface area contributed by atoms with Gasteiger partial charge in [0.2, 0.25) is 6.79 Å². The molecule has 0 saturated carbocycles. The Labute approximate surface area is 167 Å². The molecule has 0 aromatic heterocycles. The quantitative estimate of drug-likeness (QED) is 0.651. The lowest BCUT2D eigenvalue weighted by molar-refractivity contribution is -0.115. The Bertz CT molecular complexity index is 991. The van der Waals surface area contributed by atoms with Crippen LogP contribution in [0.4, 0.5) is 5.69 Å². The molecule has 2 aliphatic rings. The van der Waals surface area contributed by atoms with E-state index in [0.717, 1.165) is 15.6 Å². The summed E-state index contributed by atoms with van der Waals surface area (Å²) >= 11 is 10.9. The first-order valence-electron chi connectivity index (χ1n) is 7.64. The molecule has 132 valence electrons. The third-order valence-corrected chi connectivity index (χ3v) is 5.82. The maximum Gasteiger partial charge on any atom is 0.264 e. The number of nitrogens with one attached hydrogen (secondary N) is 1. The summed E-state index contributed by atoms with van der Waals surface area (Å²) in [7, 11) is 0. The molecule has 2 heterocycles. The number of rotatable bonds is 2. The van der Waals surface area contributed by atoms with E-state index in [1.165, 1.54) is 11.8 Å². The van der Waals surface area contributed by atoms with Crippen LogP contribution in [0, 0.1) is 6.92 Å². The fraction of sp³-hybridized carbons (Fsp3) is 0.111. The molecule has 1 amide bonds. The maximum absolute atomic E-state index is 12.3. The minimum absolute atomic E-state index is 0.198. The molecule has 2 aliphatic heterocycles. The van der Waals surface area contributed by atoms with Crippen LogP contribution in [0.5, 0.6) is 11.5 Å². The number of hydrogen-bond donors (Lipinski definition) is 1. The monoisotopic (exact) mass is 450 g/mol. The number of halogens is 2. The average Bonchev–Trinajstić information content (AvgIpc) is 3.18. The summed E-state index contributed by atoms with van der Waals surface area (Å²) in [5, 5.41) is 3.92. The van der Waals surface area contributed by atoms with Gasteiger partial charge in [-0.3, -0.25) is 4.79 Å². The highest BCUT2D eigenvalue weighted by atomic mass is 79.9. The van der Waals surface area contributed by atoms with Crippen LogP contribution < -0.4 is 14.8 Å². The molecule has 0 atom stereocenters. The van der Waals surface area contributed by atoms with E-state index in [0.29, 0.717) is 32.3 Å². The molecule has 2 aromatic rings. The molecule has 1 fully saturated rings. The van der Waals surface area contributed by atoms with E-state index in [9.17, 15) is 4.79 Å². The summed E-state index contributed by atoms with van der Waals surface area (Å²) in [5.74, 6) is 1.14. The number of amides is 1. The maximum atomic E-state index is 12.3. The van der Waals surface area contributed by atoms with Crippen molar-refractivity contribution < 1.29 is 14.3 Å². The van der Waals surface area contributed by atoms with Gasteiger partial charge in [-0.05, 0) is 60.2 Å². The molecule has 26 heavy (non-hydrogen) atoms. The highest BCUT2D eigenvalue weighted by Gasteiger charge is 2.25. The van der Waals surface area contributed by atoms with Crippen molar-refractivity contribution >= 4 is 62.1 Å². The van der Waals surface area contributed by atoms with Crippen LogP contribution in [0.1, 0.15) is 11.1 Å². The second-order valence-corrected chi connectivity index (χ2v) is 7.93. The fourth-order valence-corrected chi connectivity index (χ4v) is 3.88. The number of ether oxygens (including phenoxy) is 2. The zero-order valence-electron chi connectivity index (χ0n) is 13.5. The van der Waals surface area contributed by atoms with E-state index in [1.807, 2.05) is 31.2 Å². The Balaban J connectivity index is 1.61. The lowest BCUT2D eigenvalue weighted by Gasteiger charge is -2.02. The molecule has 0 unspecified atom stereocenters. The number of thioether (sulfide) groups is 1. The van der Waals surface area contributed by atoms with E-state index >= 15 is 0 Å². The van der Waals surface area contributed by atoms with Gasteiger partial charge in [0.05, 0.1) is 10.6 Å². The second kappa shape index (κ2) is 6.98. The minimum Gasteiger partial charge on any atom is -0.454 e. The van der Waals surface area contributed by atoms with E-state index in [1.54, 1.807) is 12.1 Å². The first-order chi connectivity index (χ1) is 12.5. The van der Waals surface area contributed by atoms with E-state index in [2.05, 4.69) is 26.2 Å². The van der Waals surface area contributed by atoms with Crippen molar-refractivity contribution in [2.24, 2.45) is 4.99 Å².